The zero-order valence-corrected chi connectivity index (χ0v) is 16.9. The maximum absolute atomic E-state index is 12.3. The van der Waals surface area contributed by atoms with Crippen LogP contribution in [-0.2, 0) is 11.2 Å². The van der Waals surface area contributed by atoms with E-state index < -0.39 is 6.03 Å². The number of carbonyl (C=O) groups is 2. The number of urea groups is 1. The number of halogens is 1. The van der Waals surface area contributed by atoms with Crippen molar-refractivity contribution in [3.8, 4) is 0 Å². The highest BCUT2D eigenvalue weighted by Gasteiger charge is 2.11. The minimum absolute atomic E-state index is 0.126. The average molecular weight is 415 g/mol. The molecule has 2 aromatic carbocycles. The Labute approximate surface area is 172 Å². The van der Waals surface area contributed by atoms with Crippen molar-refractivity contribution in [1.82, 2.24) is 4.98 Å². The number of nitrogens with zero attached hydrogens (tertiary/aromatic N) is 1. The predicted molar refractivity (Wildman–Crippen MR) is 114 cm³/mol. The molecule has 1 aromatic heterocycles. The van der Waals surface area contributed by atoms with Crippen LogP contribution >= 0.6 is 22.9 Å². The van der Waals surface area contributed by atoms with E-state index in [2.05, 4.69) is 20.9 Å². The molecule has 3 rings (SSSR count). The Kier molecular flexibility index (Phi) is 6.28. The lowest BCUT2D eigenvalue weighted by Gasteiger charge is -2.09. The Bertz CT molecular complexity index is 1020. The second kappa shape index (κ2) is 8.86. The summed E-state index contributed by atoms with van der Waals surface area (Å²) in [6, 6.07) is 12.2. The van der Waals surface area contributed by atoms with Crippen molar-refractivity contribution in [3.63, 3.8) is 0 Å². The summed E-state index contributed by atoms with van der Waals surface area (Å²) < 4.78 is 0. The predicted octanol–water partition coefficient (Wildman–Crippen LogP) is 5.24. The lowest BCUT2D eigenvalue weighted by atomic mass is 10.1. The molecule has 1 heterocycles. The van der Waals surface area contributed by atoms with Crippen molar-refractivity contribution in [2.24, 2.45) is 0 Å². The van der Waals surface area contributed by atoms with Gasteiger partial charge < -0.3 is 10.6 Å². The molecule has 0 atom stereocenters. The molecule has 144 valence electrons. The summed E-state index contributed by atoms with van der Waals surface area (Å²) in [5, 5.41) is 10.9. The molecule has 28 heavy (non-hydrogen) atoms. The van der Waals surface area contributed by atoms with Crippen molar-refractivity contribution in [2.45, 2.75) is 20.3 Å². The van der Waals surface area contributed by atoms with Crippen molar-refractivity contribution in [3.05, 3.63) is 69.7 Å². The minimum atomic E-state index is -0.428. The molecule has 0 fully saturated rings. The summed E-state index contributed by atoms with van der Waals surface area (Å²) in [6.45, 7) is 3.96. The van der Waals surface area contributed by atoms with Crippen LogP contribution in [0.4, 0.5) is 21.3 Å². The lowest BCUT2D eigenvalue weighted by molar-refractivity contribution is -0.115. The van der Waals surface area contributed by atoms with Crippen molar-refractivity contribution < 1.29 is 9.59 Å². The molecular formula is C20H19ClN4O2S. The van der Waals surface area contributed by atoms with Crippen molar-refractivity contribution >= 4 is 51.4 Å². The summed E-state index contributed by atoms with van der Waals surface area (Å²) in [6.07, 6.45) is 0.126. The number of amides is 3. The number of nitrogens with one attached hydrogen (secondary N) is 3. The van der Waals surface area contributed by atoms with E-state index in [0.717, 1.165) is 16.8 Å². The Morgan fingerprint density at radius 2 is 1.86 bits per heavy atom. The normalized spacial score (nSPS) is 10.4. The third-order valence-corrected chi connectivity index (χ3v) is 5.12. The fourth-order valence-corrected chi connectivity index (χ4v) is 3.41. The van der Waals surface area contributed by atoms with E-state index >= 15 is 0 Å². The van der Waals surface area contributed by atoms with Gasteiger partial charge in [-0.1, -0.05) is 29.8 Å². The number of hydrogen-bond donors (Lipinski definition) is 3. The van der Waals surface area contributed by atoms with Gasteiger partial charge in [-0.05, 0) is 49.2 Å². The summed E-state index contributed by atoms with van der Waals surface area (Å²) >= 11 is 7.15. The third kappa shape index (κ3) is 5.31. The topological polar surface area (TPSA) is 83.1 Å². The van der Waals surface area contributed by atoms with Crippen LogP contribution in [0.2, 0.25) is 5.02 Å². The summed E-state index contributed by atoms with van der Waals surface area (Å²) in [7, 11) is 0. The number of anilines is 3. The van der Waals surface area contributed by atoms with Gasteiger partial charge in [0.2, 0.25) is 5.91 Å². The average Bonchev–Trinajstić information content (AvgIpc) is 3.05. The van der Waals surface area contributed by atoms with E-state index in [4.69, 9.17) is 11.6 Å². The van der Waals surface area contributed by atoms with Gasteiger partial charge in [0.25, 0.3) is 0 Å². The first-order chi connectivity index (χ1) is 13.4. The number of aromatic nitrogens is 1. The van der Waals surface area contributed by atoms with E-state index in [1.165, 1.54) is 11.3 Å². The second-order valence-corrected chi connectivity index (χ2v) is 7.50. The number of aryl methyl sites for hydroxylation is 1. The Morgan fingerprint density at radius 3 is 2.64 bits per heavy atom. The summed E-state index contributed by atoms with van der Waals surface area (Å²) in [4.78, 5) is 28.6. The molecule has 3 aromatic rings. The van der Waals surface area contributed by atoms with E-state index in [9.17, 15) is 9.59 Å². The molecule has 0 aliphatic heterocycles. The maximum Gasteiger partial charge on any atom is 0.325 e. The molecule has 0 aliphatic rings. The zero-order chi connectivity index (χ0) is 20.1. The highest BCUT2D eigenvalue weighted by atomic mass is 35.5. The molecule has 0 bridgehead atoms. The van der Waals surface area contributed by atoms with Gasteiger partial charge in [0, 0.05) is 21.8 Å². The first kappa shape index (κ1) is 19.9. The van der Waals surface area contributed by atoms with E-state index in [1.807, 2.05) is 32.0 Å². The first-order valence-corrected chi connectivity index (χ1v) is 9.80. The molecule has 0 aliphatic carbocycles. The van der Waals surface area contributed by atoms with Crippen LogP contribution in [0, 0.1) is 13.8 Å². The van der Waals surface area contributed by atoms with Crippen molar-refractivity contribution in [2.75, 3.05) is 16.0 Å². The molecule has 3 amide bonds. The van der Waals surface area contributed by atoms with Crippen LogP contribution in [0.15, 0.2) is 47.8 Å². The van der Waals surface area contributed by atoms with Gasteiger partial charge >= 0.3 is 6.03 Å². The molecule has 0 saturated carbocycles. The third-order valence-electron chi connectivity index (χ3n) is 4.08. The number of benzene rings is 2. The SMILES string of the molecule is Cc1cccc(NC(=O)Cc2csc(NC(=O)Nc3cccc(Cl)c3)n2)c1C. The van der Waals surface area contributed by atoms with Gasteiger partial charge in [0.1, 0.15) is 0 Å². The molecule has 8 heteroatoms. The Hall–Kier alpha value is -2.90. The van der Waals surface area contributed by atoms with E-state index in [1.54, 1.807) is 29.6 Å². The van der Waals surface area contributed by atoms with Crippen LogP contribution in [0.5, 0.6) is 0 Å². The van der Waals surface area contributed by atoms with Gasteiger partial charge in [-0.2, -0.15) is 0 Å². The second-order valence-electron chi connectivity index (χ2n) is 6.21. The number of rotatable bonds is 5. The Balaban J connectivity index is 1.55. The minimum Gasteiger partial charge on any atom is -0.325 e. The van der Waals surface area contributed by atoms with Gasteiger partial charge in [0.05, 0.1) is 12.1 Å². The molecule has 3 N–H and O–H groups in total. The molecule has 6 nitrogen and oxygen atoms in total. The lowest BCUT2D eigenvalue weighted by Crippen LogP contribution is -2.19. The van der Waals surface area contributed by atoms with Gasteiger partial charge in [0.15, 0.2) is 5.13 Å². The number of hydrogen-bond acceptors (Lipinski definition) is 4. The van der Waals surface area contributed by atoms with Crippen LogP contribution in [-0.4, -0.2) is 16.9 Å². The van der Waals surface area contributed by atoms with Crippen LogP contribution in [0.1, 0.15) is 16.8 Å². The van der Waals surface area contributed by atoms with Crippen LogP contribution in [0.3, 0.4) is 0 Å². The molecule has 0 saturated heterocycles. The maximum atomic E-state index is 12.3. The fourth-order valence-electron chi connectivity index (χ4n) is 2.52. The molecular weight excluding hydrogens is 396 g/mol. The van der Waals surface area contributed by atoms with E-state index in [0.29, 0.717) is 21.5 Å². The molecule has 0 spiro atoms. The zero-order valence-electron chi connectivity index (χ0n) is 15.4. The Morgan fingerprint density at radius 1 is 1.07 bits per heavy atom. The summed E-state index contributed by atoms with van der Waals surface area (Å²) in [5.74, 6) is -0.158. The number of carbonyl (C=O) groups excluding carboxylic acids is 2. The van der Waals surface area contributed by atoms with Crippen molar-refractivity contribution in [1.29, 1.82) is 0 Å². The highest BCUT2D eigenvalue weighted by molar-refractivity contribution is 7.14. The molecule has 0 radical (unpaired) electrons. The summed E-state index contributed by atoms with van der Waals surface area (Å²) in [5.41, 5.74) is 4.11. The van der Waals surface area contributed by atoms with Crippen LogP contribution < -0.4 is 16.0 Å². The monoisotopic (exact) mass is 414 g/mol. The highest BCUT2D eigenvalue weighted by Crippen LogP contribution is 2.20. The smallest absolute Gasteiger partial charge is 0.325 e. The first-order valence-electron chi connectivity index (χ1n) is 8.55. The van der Waals surface area contributed by atoms with Crippen LogP contribution in [0.25, 0.3) is 0 Å². The fraction of sp³-hybridized carbons (Fsp3) is 0.150. The largest absolute Gasteiger partial charge is 0.325 e. The molecule has 0 unspecified atom stereocenters. The van der Waals surface area contributed by atoms with Gasteiger partial charge in [-0.25, -0.2) is 9.78 Å². The van der Waals surface area contributed by atoms with Gasteiger partial charge in [-0.3, -0.25) is 10.1 Å². The van der Waals surface area contributed by atoms with Gasteiger partial charge in [-0.15, -0.1) is 11.3 Å². The number of thiazole rings is 1. The quantitative estimate of drug-likeness (QED) is 0.534. The van der Waals surface area contributed by atoms with E-state index in [-0.39, 0.29) is 12.3 Å². The standard InChI is InChI=1S/C20H19ClN4O2S/c1-12-5-3-8-17(13(12)2)24-18(26)10-16-11-28-20(23-16)25-19(27)22-15-7-4-6-14(21)9-15/h3-9,11H,10H2,1-2H3,(H,24,26)(H2,22,23,25,27).